The first-order chi connectivity index (χ1) is 6.69. The summed E-state index contributed by atoms with van der Waals surface area (Å²) in [5.74, 6) is -0.484. The summed E-state index contributed by atoms with van der Waals surface area (Å²) in [6, 6.07) is 8.42. The van der Waals surface area contributed by atoms with Crippen molar-refractivity contribution in [3.05, 3.63) is 35.4 Å². The van der Waals surface area contributed by atoms with Gasteiger partial charge >= 0.3 is 0 Å². The van der Waals surface area contributed by atoms with Crippen LogP contribution in [0.15, 0.2) is 24.3 Å². The van der Waals surface area contributed by atoms with Gasteiger partial charge in [-0.05, 0) is 17.7 Å². The van der Waals surface area contributed by atoms with Gasteiger partial charge in [-0.1, -0.05) is 12.1 Å². The topological polar surface area (TPSA) is 76.1 Å². The minimum absolute atomic E-state index is 0.418. The van der Waals surface area contributed by atoms with Crippen LogP contribution in [0.25, 0.3) is 0 Å². The van der Waals surface area contributed by atoms with Crippen molar-refractivity contribution in [1.82, 2.24) is 0 Å². The van der Waals surface area contributed by atoms with Crippen LogP contribution in [0.2, 0.25) is 0 Å². The lowest BCUT2D eigenvalue weighted by atomic mass is 10.1. The zero-order valence-corrected chi connectivity index (χ0v) is 7.73. The second kappa shape index (κ2) is 4.40. The van der Waals surface area contributed by atoms with Crippen molar-refractivity contribution in [2.45, 2.75) is 6.10 Å². The lowest BCUT2D eigenvalue weighted by Gasteiger charge is -2.06. The second-order valence-corrected chi connectivity index (χ2v) is 2.73. The average Bonchev–Trinajstić information content (AvgIpc) is 2.20. The summed E-state index contributed by atoms with van der Waals surface area (Å²) in [4.78, 5) is 10.7. The molecular formula is C10H10N2O2. The van der Waals surface area contributed by atoms with Crippen molar-refractivity contribution >= 4 is 5.91 Å². The van der Waals surface area contributed by atoms with E-state index in [1.165, 1.54) is 7.11 Å². The first kappa shape index (κ1) is 10.2. The Kier molecular flexibility index (Phi) is 3.21. The monoisotopic (exact) mass is 190 g/mol. The molecule has 0 bridgehead atoms. The van der Waals surface area contributed by atoms with E-state index < -0.39 is 12.0 Å². The Balaban J connectivity index is 2.94. The molecule has 0 fully saturated rings. The van der Waals surface area contributed by atoms with Gasteiger partial charge in [0.25, 0.3) is 0 Å². The Morgan fingerprint density at radius 2 is 2.07 bits per heavy atom. The number of nitrogens with zero attached hydrogens (tertiary/aromatic N) is 1. The van der Waals surface area contributed by atoms with Gasteiger partial charge in [0, 0.05) is 12.7 Å². The first-order valence-corrected chi connectivity index (χ1v) is 4.01. The molecule has 1 atom stereocenters. The molecule has 0 radical (unpaired) electrons. The van der Waals surface area contributed by atoms with Gasteiger partial charge in [0.2, 0.25) is 5.91 Å². The smallest absolute Gasteiger partial charge is 0.248 e. The number of benzene rings is 1. The maximum Gasteiger partial charge on any atom is 0.248 e. The highest BCUT2D eigenvalue weighted by Gasteiger charge is 2.08. The second-order valence-electron chi connectivity index (χ2n) is 2.73. The van der Waals surface area contributed by atoms with Crippen molar-refractivity contribution in [2.24, 2.45) is 5.73 Å². The van der Waals surface area contributed by atoms with E-state index in [1.807, 2.05) is 6.07 Å². The lowest BCUT2D eigenvalue weighted by Crippen LogP contribution is -2.10. The van der Waals surface area contributed by atoms with E-state index in [-0.39, 0.29) is 0 Å². The molecule has 0 aliphatic carbocycles. The quantitative estimate of drug-likeness (QED) is 0.772. The molecule has 1 aromatic carbocycles. The van der Waals surface area contributed by atoms with Crippen LogP contribution in [-0.2, 0) is 4.74 Å². The van der Waals surface area contributed by atoms with Crippen LogP contribution in [0, 0.1) is 11.3 Å². The number of nitrogens with two attached hydrogens (primary N) is 1. The molecule has 4 nitrogen and oxygen atoms in total. The summed E-state index contributed by atoms with van der Waals surface area (Å²) in [6.07, 6.45) is -0.600. The van der Waals surface area contributed by atoms with Crippen LogP contribution >= 0.6 is 0 Å². The van der Waals surface area contributed by atoms with E-state index in [2.05, 4.69) is 0 Å². The first-order valence-electron chi connectivity index (χ1n) is 4.01. The van der Waals surface area contributed by atoms with Crippen LogP contribution < -0.4 is 5.73 Å². The van der Waals surface area contributed by atoms with Gasteiger partial charge in [-0.15, -0.1) is 0 Å². The average molecular weight is 190 g/mol. The summed E-state index contributed by atoms with van der Waals surface area (Å²) >= 11 is 0. The fourth-order valence-corrected chi connectivity index (χ4v) is 1.09. The molecule has 0 spiro atoms. The van der Waals surface area contributed by atoms with E-state index in [0.717, 1.165) is 0 Å². The Labute approximate surface area is 81.9 Å². The molecule has 14 heavy (non-hydrogen) atoms. The van der Waals surface area contributed by atoms with Gasteiger partial charge < -0.3 is 10.5 Å². The molecule has 1 rings (SSSR count). The van der Waals surface area contributed by atoms with E-state index >= 15 is 0 Å². The highest BCUT2D eigenvalue weighted by Crippen LogP contribution is 2.15. The molecule has 4 heteroatoms. The number of rotatable bonds is 3. The molecule has 1 amide bonds. The Morgan fingerprint density at radius 1 is 1.50 bits per heavy atom. The Hall–Kier alpha value is -1.86. The van der Waals surface area contributed by atoms with Gasteiger partial charge in [0.1, 0.15) is 0 Å². The third-order valence-corrected chi connectivity index (χ3v) is 1.85. The van der Waals surface area contributed by atoms with Crippen molar-refractivity contribution in [3.8, 4) is 6.07 Å². The van der Waals surface area contributed by atoms with E-state index in [9.17, 15) is 4.79 Å². The summed E-state index contributed by atoms with van der Waals surface area (Å²) in [5.41, 5.74) is 6.20. The fourth-order valence-electron chi connectivity index (χ4n) is 1.09. The number of carbonyl (C=O) groups is 1. The zero-order valence-electron chi connectivity index (χ0n) is 7.73. The minimum Gasteiger partial charge on any atom is -0.366 e. The van der Waals surface area contributed by atoms with Crippen LogP contribution in [0.3, 0.4) is 0 Å². The SMILES string of the molecule is COC(C#N)c1ccc(C(N)=O)cc1. The largest absolute Gasteiger partial charge is 0.366 e. The molecule has 1 aromatic rings. The number of carbonyl (C=O) groups excluding carboxylic acids is 1. The third-order valence-electron chi connectivity index (χ3n) is 1.85. The van der Waals surface area contributed by atoms with Crippen molar-refractivity contribution in [2.75, 3.05) is 7.11 Å². The van der Waals surface area contributed by atoms with Crippen LogP contribution in [-0.4, -0.2) is 13.0 Å². The predicted molar refractivity (Wildman–Crippen MR) is 50.3 cm³/mol. The van der Waals surface area contributed by atoms with Gasteiger partial charge in [-0.25, -0.2) is 0 Å². The summed E-state index contributed by atoms with van der Waals surface area (Å²) in [6.45, 7) is 0. The minimum atomic E-state index is -0.600. The standard InChI is InChI=1S/C10H10N2O2/c1-14-9(6-11)7-2-4-8(5-3-7)10(12)13/h2-5,9H,1H3,(H2,12,13). The van der Waals surface area contributed by atoms with Crippen LogP contribution in [0.4, 0.5) is 0 Å². The Bertz CT molecular complexity index is 365. The molecule has 0 aromatic heterocycles. The summed E-state index contributed by atoms with van der Waals surface area (Å²) in [5, 5.41) is 8.69. The number of methoxy groups -OCH3 is 1. The fraction of sp³-hybridized carbons (Fsp3) is 0.200. The van der Waals surface area contributed by atoms with E-state index in [4.69, 9.17) is 15.7 Å². The lowest BCUT2D eigenvalue weighted by molar-refractivity contribution is 0.1000. The number of hydrogen-bond donors (Lipinski definition) is 1. The normalized spacial score (nSPS) is 11.7. The summed E-state index contributed by atoms with van der Waals surface area (Å²) in [7, 11) is 1.45. The van der Waals surface area contributed by atoms with Crippen LogP contribution in [0.1, 0.15) is 22.0 Å². The molecular weight excluding hydrogens is 180 g/mol. The number of nitriles is 1. The summed E-state index contributed by atoms with van der Waals surface area (Å²) < 4.78 is 4.91. The zero-order chi connectivity index (χ0) is 10.6. The molecule has 0 heterocycles. The van der Waals surface area contributed by atoms with Gasteiger partial charge in [0.15, 0.2) is 6.10 Å². The molecule has 0 aliphatic heterocycles. The highest BCUT2D eigenvalue weighted by atomic mass is 16.5. The van der Waals surface area contributed by atoms with Crippen molar-refractivity contribution < 1.29 is 9.53 Å². The van der Waals surface area contributed by atoms with Gasteiger partial charge in [0.05, 0.1) is 6.07 Å². The molecule has 0 aliphatic rings. The predicted octanol–water partition coefficient (Wildman–Crippen LogP) is 0.997. The highest BCUT2D eigenvalue weighted by molar-refractivity contribution is 5.92. The van der Waals surface area contributed by atoms with Gasteiger partial charge in [-0.3, -0.25) is 4.79 Å². The van der Waals surface area contributed by atoms with Crippen molar-refractivity contribution in [1.29, 1.82) is 5.26 Å². The number of primary amides is 1. The number of hydrogen-bond acceptors (Lipinski definition) is 3. The third kappa shape index (κ3) is 2.09. The Morgan fingerprint density at radius 3 is 2.43 bits per heavy atom. The molecule has 72 valence electrons. The molecule has 0 saturated carbocycles. The van der Waals surface area contributed by atoms with Gasteiger partial charge in [-0.2, -0.15) is 5.26 Å². The van der Waals surface area contributed by atoms with Crippen LogP contribution in [0.5, 0.6) is 0 Å². The van der Waals surface area contributed by atoms with E-state index in [0.29, 0.717) is 11.1 Å². The molecule has 1 unspecified atom stereocenters. The number of amides is 1. The molecule has 2 N–H and O–H groups in total. The maximum absolute atomic E-state index is 10.7. The number of ether oxygens (including phenoxy) is 1. The van der Waals surface area contributed by atoms with Crippen molar-refractivity contribution in [3.63, 3.8) is 0 Å². The maximum atomic E-state index is 10.7. The van der Waals surface area contributed by atoms with E-state index in [1.54, 1.807) is 24.3 Å². The molecule has 0 saturated heterocycles.